The maximum absolute atomic E-state index is 10.5. The van der Waals surface area contributed by atoms with Crippen molar-refractivity contribution in [2.75, 3.05) is 44.2 Å². The molecule has 4 rings (SSSR count). The minimum atomic E-state index is -0.517. The first-order valence-corrected chi connectivity index (χ1v) is 11.7. The van der Waals surface area contributed by atoms with Crippen LogP contribution in [0.5, 0.6) is 5.75 Å². The van der Waals surface area contributed by atoms with Crippen molar-refractivity contribution in [2.24, 2.45) is 0 Å². The van der Waals surface area contributed by atoms with Crippen LogP contribution in [0.3, 0.4) is 0 Å². The number of nitrogens with zero attached hydrogens (tertiary/aromatic N) is 4. The summed E-state index contributed by atoms with van der Waals surface area (Å²) in [5.41, 5.74) is 4.87. The number of aryl methyl sites for hydroxylation is 3. The molecule has 1 aliphatic rings. The van der Waals surface area contributed by atoms with E-state index >= 15 is 0 Å². The maximum atomic E-state index is 10.5. The van der Waals surface area contributed by atoms with E-state index in [1.807, 2.05) is 37.3 Å². The highest BCUT2D eigenvalue weighted by molar-refractivity contribution is 5.52. The Kier molecular flexibility index (Phi) is 7.57. The van der Waals surface area contributed by atoms with Crippen molar-refractivity contribution in [3.8, 4) is 5.75 Å². The van der Waals surface area contributed by atoms with Gasteiger partial charge in [-0.1, -0.05) is 42.5 Å². The van der Waals surface area contributed by atoms with Gasteiger partial charge < -0.3 is 14.7 Å². The number of β-amino-alcohol motifs (C(OH)–C–C–N with tert-alkyl or cyclic N) is 1. The molecule has 2 aromatic carbocycles. The number of hydrogen-bond acceptors (Lipinski definition) is 6. The topological polar surface area (TPSA) is 61.7 Å². The van der Waals surface area contributed by atoms with Gasteiger partial charge in [-0.15, -0.1) is 0 Å². The number of para-hydroxylation sites is 1. The van der Waals surface area contributed by atoms with Gasteiger partial charge in [-0.25, -0.2) is 9.97 Å². The predicted octanol–water partition coefficient (Wildman–Crippen LogP) is 3.55. The molecule has 3 aromatic rings. The number of rotatable bonds is 8. The molecule has 0 saturated carbocycles. The van der Waals surface area contributed by atoms with Crippen LogP contribution >= 0.6 is 0 Å². The highest BCUT2D eigenvalue weighted by atomic mass is 16.5. The average molecular weight is 447 g/mol. The van der Waals surface area contributed by atoms with Crippen LogP contribution in [0.1, 0.15) is 28.2 Å². The van der Waals surface area contributed by atoms with Crippen LogP contribution < -0.4 is 9.64 Å². The second-order valence-electron chi connectivity index (χ2n) is 8.83. The van der Waals surface area contributed by atoms with Gasteiger partial charge in [0, 0.05) is 50.4 Å². The molecule has 33 heavy (non-hydrogen) atoms. The summed E-state index contributed by atoms with van der Waals surface area (Å²) in [6.07, 6.45) is 0.320. The van der Waals surface area contributed by atoms with Gasteiger partial charge in [-0.2, -0.15) is 0 Å². The summed E-state index contributed by atoms with van der Waals surface area (Å²) in [7, 11) is 0. The second-order valence-corrected chi connectivity index (χ2v) is 8.83. The molecule has 6 nitrogen and oxygen atoms in total. The highest BCUT2D eigenvalue weighted by Gasteiger charge is 2.24. The van der Waals surface area contributed by atoms with Gasteiger partial charge in [-0.3, -0.25) is 4.90 Å². The lowest BCUT2D eigenvalue weighted by molar-refractivity contribution is 0.0662. The van der Waals surface area contributed by atoms with Gasteiger partial charge in [0.05, 0.1) is 0 Å². The third kappa shape index (κ3) is 6.09. The van der Waals surface area contributed by atoms with Crippen molar-refractivity contribution in [3.63, 3.8) is 0 Å². The second kappa shape index (κ2) is 10.8. The van der Waals surface area contributed by atoms with E-state index in [1.54, 1.807) is 0 Å². The van der Waals surface area contributed by atoms with E-state index < -0.39 is 6.10 Å². The molecule has 1 unspecified atom stereocenters. The molecule has 0 spiro atoms. The Hall–Kier alpha value is -2.96. The van der Waals surface area contributed by atoms with Gasteiger partial charge >= 0.3 is 0 Å². The van der Waals surface area contributed by atoms with E-state index in [4.69, 9.17) is 9.72 Å². The van der Waals surface area contributed by atoms with E-state index in [0.717, 1.165) is 55.7 Å². The maximum Gasteiger partial charge on any atom is 0.136 e. The average Bonchev–Trinajstić information content (AvgIpc) is 2.82. The molecule has 0 amide bonds. The number of aliphatic hydroxyl groups is 1. The van der Waals surface area contributed by atoms with Crippen LogP contribution in [0.15, 0.2) is 54.6 Å². The Morgan fingerprint density at radius 3 is 2.33 bits per heavy atom. The molecule has 1 saturated heterocycles. The standard InChI is InChI=1S/C27H34N4O2/c1-20-9-7-8-10-23(20)17-26-21(2)28-22(3)29-27(26)31-15-13-30(14-16-31)18-24(32)19-33-25-11-5-4-6-12-25/h4-12,24,32H,13-19H2,1-3H3. The van der Waals surface area contributed by atoms with Gasteiger partial charge in [0.2, 0.25) is 0 Å². The molecular weight excluding hydrogens is 412 g/mol. The lowest BCUT2D eigenvalue weighted by Gasteiger charge is -2.37. The molecule has 1 aromatic heterocycles. The van der Waals surface area contributed by atoms with E-state index in [2.05, 4.69) is 52.9 Å². The zero-order valence-corrected chi connectivity index (χ0v) is 19.9. The zero-order chi connectivity index (χ0) is 23.2. The first-order chi connectivity index (χ1) is 16.0. The number of hydrogen-bond donors (Lipinski definition) is 1. The van der Waals surface area contributed by atoms with Crippen LogP contribution in [0.25, 0.3) is 0 Å². The fourth-order valence-corrected chi connectivity index (χ4v) is 4.39. The zero-order valence-electron chi connectivity index (χ0n) is 19.9. The summed E-state index contributed by atoms with van der Waals surface area (Å²) < 4.78 is 5.70. The first kappa shape index (κ1) is 23.2. The minimum absolute atomic E-state index is 0.301. The van der Waals surface area contributed by atoms with Gasteiger partial charge in [0.15, 0.2) is 0 Å². The van der Waals surface area contributed by atoms with E-state index in [1.165, 1.54) is 16.7 Å². The third-order valence-electron chi connectivity index (χ3n) is 6.26. The number of ether oxygens (including phenoxy) is 1. The fraction of sp³-hybridized carbons (Fsp3) is 0.407. The van der Waals surface area contributed by atoms with E-state index in [9.17, 15) is 5.11 Å². The highest BCUT2D eigenvalue weighted by Crippen LogP contribution is 2.26. The molecule has 0 bridgehead atoms. The van der Waals surface area contributed by atoms with E-state index in [-0.39, 0.29) is 0 Å². The molecule has 1 fully saturated rings. The first-order valence-electron chi connectivity index (χ1n) is 11.7. The van der Waals surface area contributed by atoms with Crippen molar-refractivity contribution in [3.05, 3.63) is 82.8 Å². The number of aliphatic hydroxyl groups excluding tert-OH is 1. The normalized spacial score (nSPS) is 15.5. The van der Waals surface area contributed by atoms with Crippen LogP contribution in [0, 0.1) is 20.8 Å². The lowest BCUT2D eigenvalue weighted by atomic mass is 9.99. The van der Waals surface area contributed by atoms with Crippen LogP contribution in [-0.4, -0.2) is 65.4 Å². The van der Waals surface area contributed by atoms with Gasteiger partial charge in [-0.05, 0) is 44.0 Å². The van der Waals surface area contributed by atoms with Crippen molar-refractivity contribution in [1.82, 2.24) is 14.9 Å². The molecule has 174 valence electrons. The summed E-state index contributed by atoms with van der Waals surface area (Å²) >= 11 is 0. The minimum Gasteiger partial charge on any atom is -0.491 e. The smallest absolute Gasteiger partial charge is 0.136 e. The third-order valence-corrected chi connectivity index (χ3v) is 6.26. The molecule has 1 N–H and O–H groups in total. The Morgan fingerprint density at radius 1 is 0.909 bits per heavy atom. The Bertz CT molecular complexity index is 1050. The molecule has 2 heterocycles. The predicted molar refractivity (Wildman–Crippen MR) is 132 cm³/mol. The number of anilines is 1. The summed E-state index contributed by atoms with van der Waals surface area (Å²) in [5.74, 6) is 2.65. The largest absolute Gasteiger partial charge is 0.491 e. The molecule has 1 atom stereocenters. The Labute approximate surface area is 196 Å². The van der Waals surface area contributed by atoms with Crippen molar-refractivity contribution >= 4 is 5.82 Å². The molecular formula is C27H34N4O2. The summed E-state index contributed by atoms with van der Waals surface area (Å²) in [6.45, 7) is 10.6. The Morgan fingerprint density at radius 2 is 1.61 bits per heavy atom. The molecule has 0 radical (unpaired) electrons. The van der Waals surface area contributed by atoms with Crippen LogP contribution in [0.4, 0.5) is 5.82 Å². The summed E-state index contributed by atoms with van der Waals surface area (Å²) in [5, 5.41) is 10.5. The number of piperazine rings is 1. The number of aromatic nitrogens is 2. The quantitative estimate of drug-likeness (QED) is 0.571. The summed E-state index contributed by atoms with van der Waals surface area (Å²) in [4.78, 5) is 14.2. The summed E-state index contributed by atoms with van der Waals surface area (Å²) in [6, 6.07) is 18.2. The lowest BCUT2D eigenvalue weighted by Crippen LogP contribution is -2.49. The SMILES string of the molecule is Cc1nc(C)c(Cc2ccccc2C)c(N2CCN(CC(O)COc3ccccc3)CC2)n1. The van der Waals surface area contributed by atoms with Gasteiger partial charge in [0.25, 0.3) is 0 Å². The van der Waals surface area contributed by atoms with E-state index in [0.29, 0.717) is 13.2 Å². The monoisotopic (exact) mass is 446 g/mol. The van der Waals surface area contributed by atoms with Crippen molar-refractivity contribution in [1.29, 1.82) is 0 Å². The van der Waals surface area contributed by atoms with Crippen LogP contribution in [-0.2, 0) is 6.42 Å². The molecule has 0 aliphatic carbocycles. The van der Waals surface area contributed by atoms with Gasteiger partial charge in [0.1, 0.15) is 30.1 Å². The fourth-order valence-electron chi connectivity index (χ4n) is 4.39. The molecule has 6 heteroatoms. The Balaban J connectivity index is 1.37. The van der Waals surface area contributed by atoms with Crippen molar-refractivity contribution < 1.29 is 9.84 Å². The van der Waals surface area contributed by atoms with Crippen LogP contribution in [0.2, 0.25) is 0 Å². The van der Waals surface area contributed by atoms with Crippen molar-refractivity contribution in [2.45, 2.75) is 33.3 Å². The molecule has 1 aliphatic heterocycles. The number of benzene rings is 2.